The lowest BCUT2D eigenvalue weighted by Crippen LogP contribution is -2.35. The van der Waals surface area contributed by atoms with Crippen molar-refractivity contribution in [3.8, 4) is 5.75 Å². The van der Waals surface area contributed by atoms with E-state index in [-0.39, 0.29) is 35.9 Å². The molecule has 0 fully saturated rings. The monoisotopic (exact) mass is 310 g/mol. The van der Waals surface area contributed by atoms with E-state index in [1.165, 1.54) is 13.0 Å². The molecule has 1 aromatic rings. The van der Waals surface area contributed by atoms with Gasteiger partial charge in [0.1, 0.15) is 17.1 Å². The van der Waals surface area contributed by atoms with Crippen LogP contribution >= 0.6 is 11.6 Å². The van der Waals surface area contributed by atoms with Crippen LogP contribution in [0.25, 0.3) is 0 Å². The van der Waals surface area contributed by atoms with Gasteiger partial charge in [-0.1, -0.05) is 11.6 Å². The van der Waals surface area contributed by atoms with Crippen molar-refractivity contribution < 1.29 is 24.0 Å². The Morgan fingerprint density at radius 1 is 1.52 bits per heavy atom. The normalized spacial score (nSPS) is 17.0. The van der Waals surface area contributed by atoms with Crippen LogP contribution in [0.1, 0.15) is 36.2 Å². The highest BCUT2D eigenvalue weighted by molar-refractivity contribution is 6.47. The lowest BCUT2D eigenvalue weighted by molar-refractivity contribution is -0.117. The number of ether oxygens (including phenoxy) is 1. The number of hydrogen-bond acceptors (Lipinski definition) is 5. The Hall–Kier alpha value is -1.53. The number of Topliss-reactive ketones (excluding diaryl/α,β-unsaturated/α-hetero) is 1. The molecule has 0 bridgehead atoms. The fraction of sp³-hybridized carbons (Fsp3) is 0.429. The van der Waals surface area contributed by atoms with Gasteiger partial charge in [-0.3, -0.25) is 0 Å². The van der Waals surface area contributed by atoms with Crippen LogP contribution in [0.3, 0.4) is 0 Å². The fourth-order valence-electron chi connectivity index (χ4n) is 2.44. The second-order valence-electron chi connectivity index (χ2n) is 5.04. The largest absolute Gasteiger partial charge is 0.535 e. The first-order valence-corrected chi connectivity index (χ1v) is 7.13. The van der Waals surface area contributed by atoms with Gasteiger partial charge in [0.15, 0.2) is 0 Å². The standard InChI is InChI=1S/C14H16BClO5/c1-3-20-14(18)12-7-11(16)6-9-5-10(4-8(2)17)15(19)21-13(9)12/h6-7,10,19H,3-5H2,1-2H3/t10-/m0/s1. The molecule has 0 unspecified atom stereocenters. The third-order valence-corrected chi connectivity index (χ3v) is 3.52. The minimum absolute atomic E-state index is 0.0289. The van der Waals surface area contributed by atoms with E-state index in [9.17, 15) is 14.6 Å². The number of benzene rings is 1. The van der Waals surface area contributed by atoms with Crippen molar-refractivity contribution in [1.82, 2.24) is 0 Å². The Balaban J connectivity index is 2.37. The second kappa shape index (κ2) is 6.49. The number of esters is 1. The quantitative estimate of drug-likeness (QED) is 0.682. The van der Waals surface area contributed by atoms with E-state index in [2.05, 4.69) is 0 Å². The molecule has 21 heavy (non-hydrogen) atoms. The number of hydrogen-bond donors (Lipinski definition) is 1. The van der Waals surface area contributed by atoms with E-state index < -0.39 is 13.1 Å². The van der Waals surface area contributed by atoms with Gasteiger partial charge >= 0.3 is 13.1 Å². The molecular formula is C14H16BClO5. The van der Waals surface area contributed by atoms with Crippen LogP contribution in [0, 0.1) is 0 Å². The summed E-state index contributed by atoms with van der Waals surface area (Å²) < 4.78 is 10.4. The zero-order valence-electron chi connectivity index (χ0n) is 11.9. The van der Waals surface area contributed by atoms with Crippen molar-refractivity contribution >= 4 is 30.5 Å². The van der Waals surface area contributed by atoms with Crippen molar-refractivity contribution in [2.24, 2.45) is 0 Å². The van der Waals surface area contributed by atoms with E-state index in [4.69, 9.17) is 21.0 Å². The maximum Gasteiger partial charge on any atom is 0.526 e. The molecule has 0 aliphatic carbocycles. The van der Waals surface area contributed by atoms with Gasteiger partial charge in [-0.2, -0.15) is 0 Å². The molecule has 2 rings (SSSR count). The predicted molar refractivity (Wildman–Crippen MR) is 78.8 cm³/mol. The maximum atomic E-state index is 11.9. The van der Waals surface area contributed by atoms with Crippen LogP contribution in [-0.2, 0) is 16.0 Å². The SMILES string of the molecule is CCOC(=O)c1cc(Cl)cc2c1OB(O)[C@@H](CC(C)=O)C2. The Morgan fingerprint density at radius 2 is 2.24 bits per heavy atom. The summed E-state index contributed by atoms with van der Waals surface area (Å²) in [7, 11) is -1.13. The first-order chi connectivity index (χ1) is 9.92. The second-order valence-corrected chi connectivity index (χ2v) is 5.48. The zero-order valence-corrected chi connectivity index (χ0v) is 12.6. The van der Waals surface area contributed by atoms with Gasteiger partial charge in [0.2, 0.25) is 0 Å². The average molecular weight is 311 g/mol. The summed E-state index contributed by atoms with van der Waals surface area (Å²) in [5.74, 6) is -0.638. The number of fused-ring (bicyclic) bond motifs is 1. The average Bonchev–Trinajstić information content (AvgIpc) is 2.39. The number of carbonyl (C=O) groups excluding carboxylic acids is 2. The molecule has 0 radical (unpaired) electrons. The predicted octanol–water partition coefficient (Wildman–Crippen LogP) is 2.28. The highest BCUT2D eigenvalue weighted by Crippen LogP contribution is 2.38. The Bertz CT molecular complexity index is 575. The number of rotatable bonds is 4. The minimum atomic E-state index is -1.13. The van der Waals surface area contributed by atoms with E-state index in [1.54, 1.807) is 13.0 Å². The third kappa shape index (κ3) is 3.57. The number of ketones is 1. The molecule has 1 N–H and O–H groups in total. The summed E-state index contributed by atoms with van der Waals surface area (Å²) in [5, 5.41) is 10.4. The van der Waals surface area contributed by atoms with Gasteiger partial charge in [-0.15, -0.1) is 0 Å². The van der Waals surface area contributed by atoms with Gasteiger partial charge in [-0.05, 0) is 38.0 Å². The van der Waals surface area contributed by atoms with Crippen LogP contribution in [0.4, 0.5) is 0 Å². The number of carbonyl (C=O) groups is 2. The fourth-order valence-corrected chi connectivity index (χ4v) is 2.68. The van der Waals surface area contributed by atoms with Crippen molar-refractivity contribution in [1.29, 1.82) is 0 Å². The van der Waals surface area contributed by atoms with Crippen molar-refractivity contribution in [3.63, 3.8) is 0 Å². The van der Waals surface area contributed by atoms with Crippen LogP contribution in [-0.4, -0.2) is 30.5 Å². The summed E-state index contributed by atoms with van der Waals surface area (Å²) in [6.45, 7) is 3.40. The number of halogens is 1. The van der Waals surface area contributed by atoms with E-state index in [0.717, 1.165) is 0 Å². The summed E-state index contributed by atoms with van der Waals surface area (Å²) in [5.41, 5.74) is 0.891. The van der Waals surface area contributed by atoms with Crippen molar-refractivity contribution in [2.75, 3.05) is 6.61 Å². The zero-order chi connectivity index (χ0) is 15.6. The van der Waals surface area contributed by atoms with Crippen LogP contribution in [0.15, 0.2) is 12.1 Å². The molecular weight excluding hydrogens is 294 g/mol. The van der Waals surface area contributed by atoms with Gasteiger partial charge in [0.05, 0.1) is 6.61 Å². The van der Waals surface area contributed by atoms with Crippen LogP contribution < -0.4 is 4.65 Å². The maximum absolute atomic E-state index is 11.9. The topological polar surface area (TPSA) is 72.8 Å². The van der Waals surface area contributed by atoms with Crippen LogP contribution in [0.2, 0.25) is 10.8 Å². The summed E-state index contributed by atoms with van der Waals surface area (Å²) in [6.07, 6.45) is 0.630. The molecule has 5 nitrogen and oxygen atoms in total. The molecule has 0 saturated carbocycles. The van der Waals surface area contributed by atoms with Gasteiger partial charge in [-0.25, -0.2) is 4.79 Å². The highest BCUT2D eigenvalue weighted by atomic mass is 35.5. The molecule has 0 amide bonds. The van der Waals surface area contributed by atoms with Crippen molar-refractivity contribution in [3.05, 3.63) is 28.3 Å². The molecule has 112 valence electrons. The van der Waals surface area contributed by atoms with E-state index in [0.29, 0.717) is 17.0 Å². The molecule has 0 saturated heterocycles. The Morgan fingerprint density at radius 3 is 2.86 bits per heavy atom. The summed E-state index contributed by atoms with van der Waals surface area (Å²) in [6, 6.07) is 3.13. The first kappa shape index (κ1) is 15.9. The smallest absolute Gasteiger partial charge is 0.526 e. The molecule has 7 heteroatoms. The summed E-state index contributed by atoms with van der Waals surface area (Å²) >= 11 is 6.02. The molecule has 1 aliphatic rings. The molecule has 1 heterocycles. The molecule has 1 atom stereocenters. The summed E-state index contributed by atoms with van der Waals surface area (Å²) in [4.78, 5) is 23.2. The minimum Gasteiger partial charge on any atom is -0.535 e. The lowest BCUT2D eigenvalue weighted by Gasteiger charge is -2.28. The lowest BCUT2D eigenvalue weighted by atomic mass is 9.64. The molecule has 1 aliphatic heterocycles. The first-order valence-electron chi connectivity index (χ1n) is 6.76. The molecule has 1 aromatic carbocycles. The third-order valence-electron chi connectivity index (χ3n) is 3.30. The Labute approximate surface area is 128 Å². The van der Waals surface area contributed by atoms with Crippen LogP contribution in [0.5, 0.6) is 5.75 Å². The van der Waals surface area contributed by atoms with Crippen molar-refractivity contribution in [2.45, 2.75) is 32.5 Å². The van der Waals surface area contributed by atoms with Gasteiger partial charge in [0.25, 0.3) is 0 Å². The highest BCUT2D eigenvalue weighted by Gasteiger charge is 2.37. The molecule has 0 spiro atoms. The Kier molecular flexibility index (Phi) is 4.90. The van der Waals surface area contributed by atoms with Gasteiger partial charge in [0, 0.05) is 17.3 Å². The van der Waals surface area contributed by atoms with E-state index in [1.807, 2.05) is 0 Å². The van der Waals surface area contributed by atoms with E-state index >= 15 is 0 Å². The van der Waals surface area contributed by atoms with Gasteiger partial charge < -0.3 is 19.2 Å². The molecule has 0 aromatic heterocycles.